The summed E-state index contributed by atoms with van der Waals surface area (Å²) in [5, 5.41) is 34.5. The zero-order valence-corrected chi connectivity index (χ0v) is 23.5. The molecule has 42 heavy (non-hydrogen) atoms. The third-order valence-electron chi connectivity index (χ3n) is 8.87. The zero-order chi connectivity index (χ0) is 29.4. The molecule has 214 valence electrons. The van der Waals surface area contributed by atoms with Gasteiger partial charge in [0.1, 0.15) is 17.1 Å². The van der Waals surface area contributed by atoms with Crippen LogP contribution in [0.2, 0.25) is 0 Å². The summed E-state index contributed by atoms with van der Waals surface area (Å²) in [5.41, 5.74) is 1.77. The number of rotatable bonds is 5. The molecule has 2 bridgehead atoms. The van der Waals surface area contributed by atoms with Crippen molar-refractivity contribution < 1.29 is 24.9 Å². The van der Waals surface area contributed by atoms with E-state index in [9.17, 15) is 15.0 Å². The number of hydrogen-bond acceptors (Lipinski definition) is 6. The van der Waals surface area contributed by atoms with Crippen molar-refractivity contribution in [1.29, 1.82) is 0 Å². The van der Waals surface area contributed by atoms with Gasteiger partial charge in [0.05, 0.1) is 18.7 Å². The molecule has 4 heterocycles. The second kappa shape index (κ2) is 11.4. The molecule has 7 heteroatoms. The fourth-order valence-electron chi connectivity index (χ4n) is 6.60. The molecule has 3 fully saturated rings. The molecule has 7 nitrogen and oxygen atoms in total. The number of pyridine rings is 1. The standard InChI is InChI=1S/C20H24N2O2.C15H10O3/c1-3-13-12-22-9-7-14(13)10-19(22)20(23)16-6-8-21-18-5-4-15(24-2)11-17(16)18;16-14-8-12-6-10-4-2-1-3-9(10)5-11(12)7-13(14)15(17)18/h3-6,8,11,13-14,19-20,23H,1,7,9-10,12H2,2H3;1-8,16H,(H,17,18)/t13-,14-,19+,20-;/m0./s1. The van der Waals surface area contributed by atoms with Gasteiger partial charge in [-0.25, -0.2) is 4.79 Å². The topological polar surface area (TPSA) is 103 Å². The smallest absolute Gasteiger partial charge is 0.339 e. The van der Waals surface area contributed by atoms with Crippen molar-refractivity contribution in [3.8, 4) is 11.5 Å². The van der Waals surface area contributed by atoms with Crippen LogP contribution in [0, 0.1) is 11.8 Å². The van der Waals surface area contributed by atoms with Crippen LogP contribution in [0.25, 0.3) is 32.4 Å². The second-order valence-electron chi connectivity index (χ2n) is 11.2. The Bertz CT molecular complexity index is 1800. The molecule has 1 aromatic heterocycles. The maximum atomic E-state index is 11.2. The van der Waals surface area contributed by atoms with Crippen LogP contribution in [0.4, 0.5) is 0 Å². The summed E-state index contributed by atoms with van der Waals surface area (Å²) in [6.07, 6.45) is 5.62. The molecule has 3 aliphatic rings. The second-order valence-corrected chi connectivity index (χ2v) is 11.2. The van der Waals surface area contributed by atoms with Crippen LogP contribution in [-0.4, -0.2) is 57.4 Å². The van der Waals surface area contributed by atoms with Crippen LogP contribution in [0.5, 0.6) is 11.5 Å². The van der Waals surface area contributed by atoms with Crippen molar-refractivity contribution in [2.45, 2.75) is 25.0 Å². The van der Waals surface area contributed by atoms with E-state index in [-0.39, 0.29) is 17.4 Å². The maximum absolute atomic E-state index is 11.2. The van der Waals surface area contributed by atoms with E-state index in [4.69, 9.17) is 9.84 Å². The molecule has 5 atom stereocenters. The van der Waals surface area contributed by atoms with Crippen molar-refractivity contribution in [2.75, 3.05) is 20.2 Å². The van der Waals surface area contributed by atoms with E-state index in [0.29, 0.717) is 11.8 Å². The number of benzene rings is 4. The van der Waals surface area contributed by atoms with E-state index < -0.39 is 12.1 Å². The summed E-state index contributed by atoms with van der Waals surface area (Å²) >= 11 is 0. The van der Waals surface area contributed by atoms with Crippen LogP contribution in [-0.2, 0) is 0 Å². The number of methoxy groups -OCH3 is 1. The number of aliphatic hydroxyl groups is 1. The number of aromatic hydroxyl groups is 1. The number of aromatic carboxylic acids is 1. The fourth-order valence-corrected chi connectivity index (χ4v) is 6.60. The highest BCUT2D eigenvalue weighted by atomic mass is 16.5. The molecular weight excluding hydrogens is 528 g/mol. The van der Waals surface area contributed by atoms with E-state index in [1.807, 2.05) is 60.7 Å². The van der Waals surface area contributed by atoms with Gasteiger partial charge in [0, 0.05) is 24.2 Å². The third-order valence-corrected chi connectivity index (χ3v) is 8.87. The van der Waals surface area contributed by atoms with E-state index in [0.717, 1.165) is 63.3 Å². The number of hydrogen-bond donors (Lipinski definition) is 3. The summed E-state index contributed by atoms with van der Waals surface area (Å²) < 4.78 is 5.35. The van der Waals surface area contributed by atoms with Gasteiger partial charge in [0.25, 0.3) is 0 Å². The number of fused-ring (bicyclic) bond motifs is 6. The lowest BCUT2D eigenvalue weighted by atomic mass is 9.73. The van der Waals surface area contributed by atoms with Crippen LogP contribution >= 0.6 is 0 Å². The minimum Gasteiger partial charge on any atom is -0.507 e. The Hall–Kier alpha value is -4.46. The molecule has 0 unspecified atom stereocenters. The molecule has 3 saturated heterocycles. The summed E-state index contributed by atoms with van der Waals surface area (Å²) in [7, 11) is 1.66. The van der Waals surface area contributed by atoms with Gasteiger partial charge in [-0.1, -0.05) is 30.3 Å². The lowest BCUT2D eigenvalue weighted by Gasteiger charge is -2.50. The van der Waals surface area contributed by atoms with Crippen molar-refractivity contribution in [3.63, 3.8) is 0 Å². The molecule has 0 radical (unpaired) electrons. The number of aromatic nitrogens is 1. The lowest BCUT2D eigenvalue weighted by molar-refractivity contribution is -0.0444. The molecule has 0 amide bonds. The number of piperidine rings is 3. The van der Waals surface area contributed by atoms with Gasteiger partial charge in [-0.2, -0.15) is 0 Å². The minimum atomic E-state index is -1.12. The highest BCUT2D eigenvalue weighted by molar-refractivity contribution is 6.03. The zero-order valence-electron chi connectivity index (χ0n) is 23.5. The van der Waals surface area contributed by atoms with Gasteiger partial charge in [-0.15, -0.1) is 6.58 Å². The Labute approximate surface area is 244 Å². The summed E-state index contributed by atoms with van der Waals surface area (Å²) in [6, 6.07) is 22.7. The van der Waals surface area contributed by atoms with E-state index in [1.165, 1.54) is 18.6 Å². The number of nitrogens with zero attached hydrogens (tertiary/aromatic N) is 2. The number of ether oxygens (including phenoxy) is 1. The Balaban J connectivity index is 0.000000157. The molecule has 0 saturated carbocycles. The molecule has 3 N–H and O–H groups in total. The number of carbonyl (C=O) groups is 1. The van der Waals surface area contributed by atoms with Crippen LogP contribution < -0.4 is 4.74 Å². The third kappa shape index (κ3) is 5.17. The largest absolute Gasteiger partial charge is 0.507 e. The lowest BCUT2D eigenvalue weighted by Crippen LogP contribution is -2.54. The van der Waals surface area contributed by atoms with E-state index in [1.54, 1.807) is 13.3 Å². The number of carboxylic acids is 1. The van der Waals surface area contributed by atoms with Crippen molar-refractivity contribution >= 4 is 38.4 Å². The Kier molecular flexibility index (Phi) is 7.54. The molecule has 3 aliphatic heterocycles. The Morgan fingerprint density at radius 2 is 1.79 bits per heavy atom. The molecule has 0 aliphatic carbocycles. The first kappa shape index (κ1) is 27.7. The van der Waals surface area contributed by atoms with E-state index >= 15 is 0 Å². The average Bonchev–Trinajstić information content (AvgIpc) is 3.02. The first-order valence-corrected chi connectivity index (χ1v) is 14.2. The van der Waals surface area contributed by atoms with Gasteiger partial charge in [-0.3, -0.25) is 9.88 Å². The minimum absolute atomic E-state index is 0.0715. The van der Waals surface area contributed by atoms with Crippen molar-refractivity contribution in [3.05, 3.63) is 103 Å². The van der Waals surface area contributed by atoms with Crippen molar-refractivity contribution in [2.24, 2.45) is 11.8 Å². The SMILES string of the molecule is C=C[C@H]1C[N@]2CC[C@H]1C[C@@H]2[C@@H](O)c1ccnc2ccc(OC)cc12.O=C(O)c1cc2cc3ccccc3cc2cc1O. The van der Waals surface area contributed by atoms with Crippen LogP contribution in [0.1, 0.15) is 34.9 Å². The molecule has 0 spiro atoms. The predicted octanol–water partition coefficient (Wildman–Crippen LogP) is 6.57. The van der Waals surface area contributed by atoms with Gasteiger partial charge in [-0.05, 0) is 107 Å². The van der Waals surface area contributed by atoms with E-state index in [2.05, 4.69) is 22.5 Å². The molecular formula is C35H34N2O5. The van der Waals surface area contributed by atoms with Gasteiger partial charge >= 0.3 is 5.97 Å². The first-order chi connectivity index (χ1) is 20.4. The summed E-state index contributed by atoms with van der Waals surface area (Å²) in [6.45, 7) is 6.07. The monoisotopic (exact) mass is 562 g/mol. The first-order valence-electron chi connectivity index (χ1n) is 14.2. The number of aliphatic hydroxyl groups excluding tert-OH is 1. The Morgan fingerprint density at radius 3 is 2.43 bits per heavy atom. The highest BCUT2D eigenvalue weighted by Gasteiger charge is 2.42. The Morgan fingerprint density at radius 1 is 1.05 bits per heavy atom. The molecule has 8 rings (SSSR count). The molecule has 5 aromatic rings. The van der Waals surface area contributed by atoms with Gasteiger partial charge < -0.3 is 20.1 Å². The summed E-state index contributed by atoms with van der Waals surface area (Å²) in [4.78, 5) is 17.8. The summed E-state index contributed by atoms with van der Waals surface area (Å²) in [5.74, 6) is 0.681. The average molecular weight is 563 g/mol. The number of phenols is 1. The van der Waals surface area contributed by atoms with Crippen LogP contribution in [0.15, 0.2) is 91.6 Å². The fraction of sp³-hybridized carbons (Fsp3) is 0.257. The maximum Gasteiger partial charge on any atom is 0.339 e. The normalized spacial score (nSPS) is 22.0. The number of carboxylic acid groups (broad SMARTS) is 1. The predicted molar refractivity (Wildman–Crippen MR) is 165 cm³/mol. The van der Waals surface area contributed by atoms with Crippen molar-refractivity contribution in [1.82, 2.24) is 9.88 Å². The molecule has 4 aromatic carbocycles. The highest BCUT2D eigenvalue weighted by Crippen LogP contribution is 2.42. The quantitative estimate of drug-likeness (QED) is 0.164. The van der Waals surface area contributed by atoms with Gasteiger partial charge in [0.2, 0.25) is 0 Å². The van der Waals surface area contributed by atoms with Gasteiger partial charge in [0.15, 0.2) is 0 Å². The van der Waals surface area contributed by atoms with Crippen LogP contribution in [0.3, 0.4) is 0 Å².